The van der Waals surface area contributed by atoms with Gasteiger partial charge in [0.15, 0.2) is 0 Å². The number of carboxylic acids is 1. The number of carboxylic acid groups (broad SMARTS) is 1. The molecule has 0 aromatic rings. The van der Waals surface area contributed by atoms with E-state index in [4.69, 9.17) is 10.8 Å². The van der Waals surface area contributed by atoms with Crippen LogP contribution in [-0.4, -0.2) is 29.1 Å². The summed E-state index contributed by atoms with van der Waals surface area (Å²) in [7, 11) is 0. The Bertz CT molecular complexity index is 177. The van der Waals surface area contributed by atoms with Crippen molar-refractivity contribution in [3.63, 3.8) is 0 Å². The molecule has 4 N–H and O–H groups in total. The van der Waals surface area contributed by atoms with E-state index in [9.17, 15) is 9.59 Å². The lowest BCUT2D eigenvalue weighted by Crippen LogP contribution is -2.52. The molecule has 0 saturated carbocycles. The summed E-state index contributed by atoms with van der Waals surface area (Å²) in [4.78, 5) is 20.7. The highest BCUT2D eigenvalue weighted by molar-refractivity contribution is 5.84. The zero-order valence-electron chi connectivity index (χ0n) is 6.55. The minimum absolute atomic E-state index is 0.268. The average Bonchev–Trinajstić information content (AvgIpc) is 1.84. The van der Waals surface area contributed by atoms with E-state index < -0.39 is 17.4 Å². The first kappa shape index (κ1) is 9.90. The molecule has 11 heavy (non-hydrogen) atoms. The third-order valence-electron chi connectivity index (χ3n) is 1.30. The predicted molar refractivity (Wildman–Crippen MR) is 38.9 cm³/mol. The van der Waals surface area contributed by atoms with E-state index in [1.807, 2.05) is 0 Å². The zero-order valence-corrected chi connectivity index (χ0v) is 6.55. The highest BCUT2D eigenvalue weighted by atomic mass is 16.4. The van der Waals surface area contributed by atoms with Gasteiger partial charge in [-0.25, -0.2) is 0 Å². The molecule has 0 aromatic heterocycles. The molecule has 0 heterocycles. The Morgan fingerprint density at radius 1 is 1.55 bits per heavy atom. The van der Waals surface area contributed by atoms with Crippen LogP contribution in [0.1, 0.15) is 13.8 Å². The number of carbonyl (C=O) groups excluding carboxylic acids is 1. The summed E-state index contributed by atoms with van der Waals surface area (Å²) in [6.07, 6.45) is 0. The van der Waals surface area contributed by atoms with Crippen LogP contribution in [0, 0.1) is 0 Å². The minimum Gasteiger partial charge on any atom is -0.480 e. The van der Waals surface area contributed by atoms with Crippen molar-refractivity contribution in [2.45, 2.75) is 19.4 Å². The van der Waals surface area contributed by atoms with Gasteiger partial charge in [-0.05, 0) is 13.8 Å². The standard InChI is InChI=1S/C6H12N2O3/c1-6(2,5(7)11)8-3-4(9)10/h8H,3H2,1-2H3,(H2,7,11)(H,9,10). The van der Waals surface area contributed by atoms with Crippen LogP contribution in [0.25, 0.3) is 0 Å². The maximum Gasteiger partial charge on any atom is 0.317 e. The van der Waals surface area contributed by atoms with Gasteiger partial charge in [0, 0.05) is 0 Å². The molecule has 64 valence electrons. The van der Waals surface area contributed by atoms with E-state index in [0.29, 0.717) is 0 Å². The molecular formula is C6H12N2O3. The van der Waals surface area contributed by atoms with E-state index in [-0.39, 0.29) is 6.54 Å². The van der Waals surface area contributed by atoms with Crippen LogP contribution in [0.2, 0.25) is 0 Å². The van der Waals surface area contributed by atoms with E-state index in [1.54, 1.807) is 0 Å². The molecule has 0 radical (unpaired) electrons. The Hall–Kier alpha value is -1.10. The minimum atomic E-state index is -1.01. The predicted octanol–water partition coefficient (Wildman–Crippen LogP) is -1.08. The van der Waals surface area contributed by atoms with Gasteiger partial charge in [0.2, 0.25) is 5.91 Å². The van der Waals surface area contributed by atoms with Gasteiger partial charge in [-0.2, -0.15) is 0 Å². The molecule has 5 nitrogen and oxygen atoms in total. The van der Waals surface area contributed by atoms with Crippen LogP contribution < -0.4 is 11.1 Å². The molecule has 5 heteroatoms. The van der Waals surface area contributed by atoms with Crippen molar-refractivity contribution in [2.24, 2.45) is 5.73 Å². The summed E-state index contributed by atoms with van der Waals surface area (Å²) in [6, 6.07) is 0. The van der Waals surface area contributed by atoms with Crippen LogP contribution in [0.4, 0.5) is 0 Å². The van der Waals surface area contributed by atoms with E-state index >= 15 is 0 Å². The van der Waals surface area contributed by atoms with E-state index in [2.05, 4.69) is 5.32 Å². The normalized spacial score (nSPS) is 11.1. The van der Waals surface area contributed by atoms with Crippen LogP contribution >= 0.6 is 0 Å². The first-order chi connectivity index (χ1) is 4.86. The number of amides is 1. The largest absolute Gasteiger partial charge is 0.480 e. The average molecular weight is 160 g/mol. The van der Waals surface area contributed by atoms with Crippen molar-refractivity contribution in [3.05, 3.63) is 0 Å². The molecule has 0 aromatic carbocycles. The topological polar surface area (TPSA) is 92.4 Å². The number of carbonyl (C=O) groups is 2. The first-order valence-electron chi connectivity index (χ1n) is 3.13. The van der Waals surface area contributed by atoms with Gasteiger partial charge in [-0.3, -0.25) is 14.9 Å². The van der Waals surface area contributed by atoms with Gasteiger partial charge in [0.1, 0.15) is 0 Å². The molecule has 0 rings (SSSR count). The van der Waals surface area contributed by atoms with Gasteiger partial charge in [0.05, 0.1) is 12.1 Å². The summed E-state index contributed by atoms with van der Waals surface area (Å²) >= 11 is 0. The molecular weight excluding hydrogens is 148 g/mol. The van der Waals surface area contributed by atoms with E-state index in [0.717, 1.165) is 0 Å². The van der Waals surface area contributed by atoms with Crippen molar-refractivity contribution >= 4 is 11.9 Å². The lowest BCUT2D eigenvalue weighted by molar-refractivity contribution is -0.136. The van der Waals surface area contributed by atoms with Gasteiger partial charge in [-0.1, -0.05) is 0 Å². The second kappa shape index (κ2) is 3.34. The van der Waals surface area contributed by atoms with Crippen LogP contribution in [0.3, 0.4) is 0 Å². The van der Waals surface area contributed by atoms with E-state index in [1.165, 1.54) is 13.8 Å². The fourth-order valence-corrected chi connectivity index (χ4v) is 0.384. The summed E-state index contributed by atoms with van der Waals surface area (Å²) in [5.74, 6) is -1.59. The summed E-state index contributed by atoms with van der Waals surface area (Å²) in [5.41, 5.74) is 4.00. The SMILES string of the molecule is CC(C)(NCC(=O)O)C(N)=O. The Morgan fingerprint density at radius 2 is 2.00 bits per heavy atom. The molecule has 0 bridgehead atoms. The third kappa shape index (κ3) is 3.57. The summed E-state index contributed by atoms with van der Waals surface area (Å²) in [5, 5.41) is 10.7. The second-order valence-corrected chi connectivity index (χ2v) is 2.74. The monoisotopic (exact) mass is 160 g/mol. The number of primary amides is 1. The number of hydrogen-bond acceptors (Lipinski definition) is 3. The number of nitrogens with one attached hydrogen (secondary N) is 1. The Balaban J connectivity index is 3.92. The van der Waals surface area contributed by atoms with Crippen molar-refractivity contribution in [2.75, 3.05) is 6.54 Å². The van der Waals surface area contributed by atoms with Crippen LogP contribution in [0.15, 0.2) is 0 Å². The first-order valence-corrected chi connectivity index (χ1v) is 3.13. The maximum absolute atomic E-state index is 10.6. The summed E-state index contributed by atoms with van der Waals surface area (Å²) in [6.45, 7) is 2.78. The van der Waals surface area contributed by atoms with Crippen molar-refractivity contribution in [1.29, 1.82) is 0 Å². The number of rotatable bonds is 4. The molecule has 0 aliphatic carbocycles. The number of hydrogen-bond donors (Lipinski definition) is 3. The molecule has 0 unspecified atom stereocenters. The highest BCUT2D eigenvalue weighted by Crippen LogP contribution is 1.98. The molecule has 1 amide bonds. The molecule has 0 fully saturated rings. The molecule has 0 spiro atoms. The lowest BCUT2D eigenvalue weighted by atomic mass is 10.1. The smallest absolute Gasteiger partial charge is 0.317 e. The number of aliphatic carboxylic acids is 1. The van der Waals surface area contributed by atoms with Crippen molar-refractivity contribution in [3.8, 4) is 0 Å². The van der Waals surface area contributed by atoms with Crippen molar-refractivity contribution < 1.29 is 14.7 Å². The van der Waals surface area contributed by atoms with Gasteiger partial charge < -0.3 is 10.8 Å². The van der Waals surface area contributed by atoms with Gasteiger partial charge in [-0.15, -0.1) is 0 Å². The van der Waals surface area contributed by atoms with Crippen LogP contribution in [-0.2, 0) is 9.59 Å². The Labute approximate surface area is 64.6 Å². The molecule has 0 aliphatic heterocycles. The van der Waals surface area contributed by atoms with Crippen LogP contribution in [0.5, 0.6) is 0 Å². The van der Waals surface area contributed by atoms with Crippen molar-refractivity contribution in [1.82, 2.24) is 5.32 Å². The zero-order chi connectivity index (χ0) is 9.07. The molecule has 0 atom stereocenters. The quantitative estimate of drug-likeness (QED) is 0.488. The van der Waals surface area contributed by atoms with Gasteiger partial charge >= 0.3 is 5.97 Å². The maximum atomic E-state index is 10.6. The third-order valence-corrected chi connectivity index (χ3v) is 1.30. The fraction of sp³-hybridized carbons (Fsp3) is 0.667. The molecule has 0 aliphatic rings. The van der Waals surface area contributed by atoms with Gasteiger partial charge in [0.25, 0.3) is 0 Å². The summed E-state index contributed by atoms with van der Waals surface area (Å²) < 4.78 is 0. The molecule has 0 saturated heterocycles. The second-order valence-electron chi connectivity index (χ2n) is 2.74. The Morgan fingerprint density at radius 3 is 2.27 bits per heavy atom. The fourth-order valence-electron chi connectivity index (χ4n) is 0.384. The number of nitrogens with two attached hydrogens (primary N) is 1. The Kier molecular flexibility index (Phi) is 3.00. The lowest BCUT2D eigenvalue weighted by Gasteiger charge is -2.20. The highest BCUT2D eigenvalue weighted by Gasteiger charge is 2.24.